The van der Waals surface area contributed by atoms with Crippen molar-refractivity contribution in [2.75, 3.05) is 32.9 Å². The molecule has 2 fully saturated rings. The summed E-state index contributed by atoms with van der Waals surface area (Å²) in [5, 5.41) is 7.47. The molecule has 1 aliphatic carbocycles. The van der Waals surface area contributed by atoms with Crippen LogP contribution >= 0.6 is 0 Å². The second kappa shape index (κ2) is 7.87. The summed E-state index contributed by atoms with van der Waals surface area (Å²) in [6.45, 7) is 4.04. The molecule has 2 aliphatic heterocycles. The van der Waals surface area contributed by atoms with Crippen molar-refractivity contribution in [3.63, 3.8) is 0 Å². The molecule has 1 aromatic rings. The predicted octanol–water partition coefficient (Wildman–Crippen LogP) is 2.34. The van der Waals surface area contributed by atoms with Crippen LogP contribution in [-0.4, -0.2) is 60.0 Å². The number of amides is 1. The zero-order valence-corrected chi connectivity index (χ0v) is 15.0. The number of aromatic nitrogens is 2. The van der Waals surface area contributed by atoms with E-state index in [4.69, 9.17) is 9.47 Å². The van der Waals surface area contributed by atoms with E-state index in [1.807, 2.05) is 4.90 Å². The number of fused-ring (bicyclic) bond motifs is 1. The molecule has 25 heavy (non-hydrogen) atoms. The van der Waals surface area contributed by atoms with E-state index in [9.17, 15) is 4.79 Å². The molecule has 2 saturated heterocycles. The van der Waals surface area contributed by atoms with Crippen LogP contribution in [0.5, 0.6) is 0 Å². The topological polar surface area (TPSA) is 67.5 Å². The first-order valence-corrected chi connectivity index (χ1v) is 9.86. The van der Waals surface area contributed by atoms with Gasteiger partial charge in [0.15, 0.2) is 5.69 Å². The number of hydrogen-bond acceptors (Lipinski definition) is 4. The van der Waals surface area contributed by atoms with Crippen molar-refractivity contribution < 1.29 is 14.3 Å². The van der Waals surface area contributed by atoms with Crippen molar-refractivity contribution in [2.45, 2.75) is 57.5 Å². The maximum Gasteiger partial charge on any atom is 0.274 e. The summed E-state index contributed by atoms with van der Waals surface area (Å²) in [6.07, 6.45) is 8.84. The Morgan fingerprint density at radius 2 is 2.04 bits per heavy atom. The molecule has 0 saturated carbocycles. The third-order valence-electron chi connectivity index (χ3n) is 5.83. The van der Waals surface area contributed by atoms with Crippen molar-refractivity contribution >= 4 is 5.91 Å². The number of aromatic amines is 1. The molecule has 1 amide bonds. The van der Waals surface area contributed by atoms with Gasteiger partial charge in [0.2, 0.25) is 0 Å². The first-order valence-electron chi connectivity index (χ1n) is 9.86. The van der Waals surface area contributed by atoms with E-state index in [0.29, 0.717) is 11.6 Å². The van der Waals surface area contributed by atoms with Gasteiger partial charge in [-0.3, -0.25) is 9.89 Å². The fourth-order valence-electron chi connectivity index (χ4n) is 4.20. The molecule has 4 rings (SSSR count). The number of hydrogen-bond donors (Lipinski definition) is 1. The van der Waals surface area contributed by atoms with Gasteiger partial charge < -0.3 is 14.4 Å². The third kappa shape index (κ3) is 3.90. The van der Waals surface area contributed by atoms with Gasteiger partial charge in [0.25, 0.3) is 5.91 Å². The van der Waals surface area contributed by atoms with Gasteiger partial charge in [0, 0.05) is 36.9 Å². The highest BCUT2D eigenvalue weighted by atomic mass is 16.5. The van der Waals surface area contributed by atoms with Gasteiger partial charge in [0.1, 0.15) is 0 Å². The van der Waals surface area contributed by atoms with Gasteiger partial charge in [-0.2, -0.15) is 5.10 Å². The minimum atomic E-state index is 0.0991. The Hall–Kier alpha value is -1.40. The monoisotopic (exact) mass is 347 g/mol. The van der Waals surface area contributed by atoms with Crippen LogP contribution < -0.4 is 0 Å². The first kappa shape index (κ1) is 17.0. The largest absolute Gasteiger partial charge is 0.381 e. The first-order chi connectivity index (χ1) is 12.3. The van der Waals surface area contributed by atoms with Crippen LogP contribution in [0, 0.1) is 5.92 Å². The molecule has 6 nitrogen and oxygen atoms in total. The molecule has 0 radical (unpaired) electrons. The second-order valence-electron chi connectivity index (χ2n) is 7.64. The van der Waals surface area contributed by atoms with E-state index in [2.05, 4.69) is 10.2 Å². The molecular formula is C19H29N3O3. The molecule has 0 spiro atoms. The van der Waals surface area contributed by atoms with Crippen LogP contribution in [0.1, 0.15) is 60.3 Å². The molecule has 0 unspecified atom stereocenters. The van der Waals surface area contributed by atoms with Crippen molar-refractivity contribution in [3.8, 4) is 0 Å². The lowest BCUT2D eigenvalue weighted by Gasteiger charge is -2.32. The number of H-pyrrole nitrogens is 1. The van der Waals surface area contributed by atoms with Crippen LogP contribution in [0.25, 0.3) is 0 Å². The summed E-state index contributed by atoms with van der Waals surface area (Å²) in [5.41, 5.74) is 3.01. The lowest BCUT2D eigenvalue weighted by molar-refractivity contribution is -0.00805. The van der Waals surface area contributed by atoms with Crippen molar-refractivity contribution in [1.82, 2.24) is 15.1 Å². The number of carbonyl (C=O) groups is 1. The van der Waals surface area contributed by atoms with Crippen LogP contribution in [0.15, 0.2) is 0 Å². The lowest BCUT2D eigenvalue weighted by Crippen LogP contribution is -2.41. The summed E-state index contributed by atoms with van der Waals surface area (Å²) < 4.78 is 11.5. The average Bonchev–Trinajstić information content (AvgIpc) is 3.25. The summed E-state index contributed by atoms with van der Waals surface area (Å²) in [7, 11) is 0. The van der Waals surface area contributed by atoms with Gasteiger partial charge >= 0.3 is 0 Å². The van der Waals surface area contributed by atoms with Crippen LogP contribution in [0.2, 0.25) is 0 Å². The second-order valence-corrected chi connectivity index (χ2v) is 7.64. The molecule has 0 bridgehead atoms. The van der Waals surface area contributed by atoms with Gasteiger partial charge in [0.05, 0.1) is 19.3 Å². The number of nitrogens with zero attached hydrogens (tertiary/aromatic N) is 2. The average molecular weight is 347 g/mol. The SMILES string of the molecule is O=C(c1n[nH]c2c1CCCCC2)N1CCC(OC[C@H]2CCOC2)CC1. The number of piperidine rings is 1. The smallest absolute Gasteiger partial charge is 0.274 e. The van der Waals surface area contributed by atoms with Crippen LogP contribution in [0.3, 0.4) is 0 Å². The van der Waals surface area contributed by atoms with Crippen molar-refractivity contribution in [3.05, 3.63) is 17.0 Å². The number of likely N-dealkylation sites (tertiary alicyclic amines) is 1. The Kier molecular flexibility index (Phi) is 5.36. The van der Waals surface area contributed by atoms with Gasteiger partial charge in [-0.1, -0.05) is 6.42 Å². The zero-order valence-electron chi connectivity index (χ0n) is 15.0. The van der Waals surface area contributed by atoms with Crippen molar-refractivity contribution in [2.24, 2.45) is 5.92 Å². The fraction of sp³-hybridized carbons (Fsp3) is 0.789. The number of aryl methyl sites for hydroxylation is 1. The lowest BCUT2D eigenvalue weighted by atomic mass is 10.0. The van der Waals surface area contributed by atoms with Gasteiger partial charge in [-0.25, -0.2) is 0 Å². The molecule has 1 N–H and O–H groups in total. The number of nitrogens with one attached hydrogen (secondary N) is 1. The molecule has 1 atom stereocenters. The molecule has 6 heteroatoms. The molecule has 0 aromatic carbocycles. The third-order valence-corrected chi connectivity index (χ3v) is 5.83. The summed E-state index contributed by atoms with van der Waals surface area (Å²) >= 11 is 0. The predicted molar refractivity (Wildman–Crippen MR) is 93.7 cm³/mol. The molecule has 138 valence electrons. The summed E-state index contributed by atoms with van der Waals surface area (Å²) in [6, 6.07) is 0. The van der Waals surface area contributed by atoms with E-state index < -0.39 is 0 Å². The quantitative estimate of drug-likeness (QED) is 0.849. The molecular weight excluding hydrogens is 318 g/mol. The number of ether oxygens (including phenoxy) is 2. The van der Waals surface area contributed by atoms with Gasteiger partial charge in [-0.05, 0) is 44.9 Å². The summed E-state index contributed by atoms with van der Waals surface area (Å²) in [5.74, 6) is 0.654. The Morgan fingerprint density at radius 1 is 1.20 bits per heavy atom. The van der Waals surface area contributed by atoms with E-state index in [1.54, 1.807) is 0 Å². The standard InChI is InChI=1S/C19H29N3O3/c23-19(18-16-4-2-1-3-5-17(16)20-21-18)22-9-6-15(7-10-22)25-13-14-8-11-24-12-14/h14-15H,1-13H2,(H,20,21)/t14-/m0/s1. The number of carbonyl (C=O) groups excluding carboxylic acids is 1. The van der Waals surface area contributed by atoms with Crippen LogP contribution in [0.4, 0.5) is 0 Å². The van der Waals surface area contributed by atoms with Crippen LogP contribution in [-0.2, 0) is 22.3 Å². The Morgan fingerprint density at radius 3 is 2.84 bits per heavy atom. The Bertz CT molecular complexity index is 587. The number of rotatable bonds is 4. The Labute approximate surface area is 149 Å². The highest BCUT2D eigenvalue weighted by Gasteiger charge is 2.29. The molecule has 3 aliphatic rings. The normalized spacial score (nSPS) is 25.0. The maximum absolute atomic E-state index is 12.9. The van der Waals surface area contributed by atoms with Gasteiger partial charge in [-0.15, -0.1) is 0 Å². The maximum atomic E-state index is 12.9. The highest BCUT2D eigenvalue weighted by molar-refractivity contribution is 5.94. The van der Waals surface area contributed by atoms with Crippen molar-refractivity contribution in [1.29, 1.82) is 0 Å². The Balaban J connectivity index is 1.30. The summed E-state index contributed by atoms with van der Waals surface area (Å²) in [4.78, 5) is 14.9. The van der Waals surface area contributed by atoms with E-state index >= 15 is 0 Å². The molecule has 1 aromatic heterocycles. The minimum Gasteiger partial charge on any atom is -0.381 e. The highest BCUT2D eigenvalue weighted by Crippen LogP contribution is 2.24. The fourth-order valence-corrected chi connectivity index (χ4v) is 4.20. The van der Waals surface area contributed by atoms with E-state index in [1.165, 1.54) is 24.1 Å². The molecule has 3 heterocycles. The van der Waals surface area contributed by atoms with E-state index in [-0.39, 0.29) is 12.0 Å². The zero-order chi connectivity index (χ0) is 17.1. The minimum absolute atomic E-state index is 0.0991. The van der Waals surface area contributed by atoms with E-state index in [0.717, 1.165) is 71.4 Å².